The number of anilines is 1. The average Bonchev–Trinajstić information content (AvgIpc) is 2.59. The van der Waals surface area contributed by atoms with Gasteiger partial charge in [-0.1, -0.05) is 17.7 Å². The first kappa shape index (κ1) is 15.5. The summed E-state index contributed by atoms with van der Waals surface area (Å²) < 4.78 is 11.0. The van der Waals surface area contributed by atoms with Crippen molar-refractivity contribution in [1.29, 1.82) is 0 Å². The summed E-state index contributed by atoms with van der Waals surface area (Å²) in [6, 6.07) is 11.3. The van der Waals surface area contributed by atoms with Crippen LogP contribution in [-0.4, -0.2) is 24.1 Å². The van der Waals surface area contributed by atoms with E-state index in [0.29, 0.717) is 18.2 Å². The molecule has 1 aromatic carbocycles. The van der Waals surface area contributed by atoms with Crippen LogP contribution in [0.25, 0.3) is 0 Å². The smallest absolute Gasteiger partial charge is 0.229 e. The predicted molar refractivity (Wildman–Crippen MR) is 87.7 cm³/mol. The Morgan fingerprint density at radius 1 is 1.26 bits per heavy atom. The monoisotopic (exact) mass is 312 g/mol. The van der Waals surface area contributed by atoms with Crippen LogP contribution in [0.4, 0.5) is 5.69 Å². The van der Waals surface area contributed by atoms with Gasteiger partial charge in [0.1, 0.15) is 5.75 Å². The molecule has 2 heterocycles. The predicted octanol–water partition coefficient (Wildman–Crippen LogP) is 3.55. The van der Waals surface area contributed by atoms with Gasteiger partial charge in [-0.3, -0.25) is 4.79 Å². The van der Waals surface area contributed by atoms with E-state index in [1.54, 1.807) is 18.3 Å². The van der Waals surface area contributed by atoms with Crippen LogP contribution in [0.3, 0.4) is 0 Å². The maximum atomic E-state index is 12.1. The first-order chi connectivity index (χ1) is 11.2. The van der Waals surface area contributed by atoms with Gasteiger partial charge in [0.15, 0.2) is 0 Å². The zero-order valence-electron chi connectivity index (χ0n) is 13.1. The van der Waals surface area contributed by atoms with E-state index in [1.807, 2.05) is 31.2 Å². The van der Waals surface area contributed by atoms with Gasteiger partial charge < -0.3 is 14.8 Å². The average molecular weight is 312 g/mol. The number of aryl methyl sites for hydroxylation is 1. The zero-order valence-corrected chi connectivity index (χ0v) is 13.1. The van der Waals surface area contributed by atoms with Crippen LogP contribution < -0.4 is 10.1 Å². The SMILES string of the molecule is Cc1ccc(Oc2ccc(NC(=O)C3CCCOC3)cn2)cc1. The largest absolute Gasteiger partial charge is 0.439 e. The quantitative estimate of drug-likeness (QED) is 0.938. The van der Waals surface area contributed by atoms with Gasteiger partial charge in [0.25, 0.3) is 0 Å². The van der Waals surface area contributed by atoms with Crippen LogP contribution in [0.15, 0.2) is 42.6 Å². The highest BCUT2D eigenvalue weighted by atomic mass is 16.5. The Labute approximate surface area is 135 Å². The number of carbonyl (C=O) groups excluding carboxylic acids is 1. The van der Waals surface area contributed by atoms with Crippen molar-refractivity contribution in [3.63, 3.8) is 0 Å². The number of aromatic nitrogens is 1. The fourth-order valence-electron chi connectivity index (χ4n) is 2.43. The van der Waals surface area contributed by atoms with E-state index >= 15 is 0 Å². The molecule has 2 aromatic rings. The molecule has 0 bridgehead atoms. The number of hydrogen-bond acceptors (Lipinski definition) is 4. The Kier molecular flexibility index (Phi) is 4.88. The Morgan fingerprint density at radius 2 is 2.09 bits per heavy atom. The summed E-state index contributed by atoms with van der Waals surface area (Å²) in [6.07, 6.45) is 3.40. The Morgan fingerprint density at radius 3 is 2.74 bits per heavy atom. The third-order valence-corrected chi connectivity index (χ3v) is 3.78. The molecule has 0 spiro atoms. The first-order valence-electron chi connectivity index (χ1n) is 7.80. The summed E-state index contributed by atoms with van der Waals surface area (Å²) in [5.41, 5.74) is 1.84. The standard InChI is InChI=1S/C18H20N2O3/c1-13-4-7-16(8-5-13)23-17-9-6-15(11-19-17)20-18(21)14-3-2-10-22-12-14/h4-9,11,14H,2-3,10,12H2,1H3,(H,20,21). The molecular weight excluding hydrogens is 292 g/mol. The molecule has 1 amide bonds. The summed E-state index contributed by atoms with van der Waals surface area (Å²) in [7, 11) is 0. The van der Waals surface area contributed by atoms with Crippen LogP contribution in [-0.2, 0) is 9.53 Å². The number of pyridine rings is 1. The topological polar surface area (TPSA) is 60.5 Å². The molecule has 1 aliphatic rings. The second kappa shape index (κ2) is 7.24. The van der Waals surface area contributed by atoms with Crippen LogP contribution in [0.1, 0.15) is 18.4 Å². The number of hydrogen-bond donors (Lipinski definition) is 1. The molecule has 23 heavy (non-hydrogen) atoms. The molecule has 0 saturated carbocycles. The van der Waals surface area contributed by atoms with Crippen molar-refractivity contribution in [3.05, 3.63) is 48.2 Å². The molecule has 0 aliphatic carbocycles. The molecule has 120 valence electrons. The normalized spacial score (nSPS) is 17.5. The van der Waals surface area contributed by atoms with Gasteiger partial charge in [-0.25, -0.2) is 4.98 Å². The highest BCUT2D eigenvalue weighted by Gasteiger charge is 2.21. The van der Waals surface area contributed by atoms with E-state index in [4.69, 9.17) is 9.47 Å². The molecular formula is C18H20N2O3. The third kappa shape index (κ3) is 4.29. The van der Waals surface area contributed by atoms with Gasteiger partial charge in [-0.05, 0) is 38.0 Å². The molecule has 1 saturated heterocycles. The van der Waals surface area contributed by atoms with Crippen LogP contribution in [0.5, 0.6) is 11.6 Å². The molecule has 1 atom stereocenters. The van der Waals surface area contributed by atoms with E-state index in [2.05, 4.69) is 10.3 Å². The lowest BCUT2D eigenvalue weighted by Gasteiger charge is -2.21. The number of rotatable bonds is 4. The van der Waals surface area contributed by atoms with Gasteiger partial charge in [-0.2, -0.15) is 0 Å². The summed E-state index contributed by atoms with van der Waals surface area (Å²) in [4.78, 5) is 16.4. The number of nitrogens with zero attached hydrogens (tertiary/aromatic N) is 1. The second-order valence-corrected chi connectivity index (χ2v) is 5.70. The van der Waals surface area contributed by atoms with E-state index in [1.165, 1.54) is 5.56 Å². The molecule has 1 aromatic heterocycles. The highest BCUT2D eigenvalue weighted by Crippen LogP contribution is 2.21. The first-order valence-corrected chi connectivity index (χ1v) is 7.80. The minimum absolute atomic E-state index is 0.0151. The number of nitrogens with one attached hydrogen (secondary N) is 1. The van der Waals surface area contributed by atoms with Crippen LogP contribution in [0, 0.1) is 12.8 Å². The molecule has 1 N–H and O–H groups in total. The maximum Gasteiger partial charge on any atom is 0.229 e. The minimum Gasteiger partial charge on any atom is -0.439 e. The summed E-state index contributed by atoms with van der Waals surface area (Å²) >= 11 is 0. The van der Waals surface area contributed by atoms with E-state index in [-0.39, 0.29) is 11.8 Å². The van der Waals surface area contributed by atoms with Crippen molar-refractivity contribution in [2.24, 2.45) is 5.92 Å². The van der Waals surface area contributed by atoms with Gasteiger partial charge in [0.2, 0.25) is 11.8 Å². The molecule has 1 aliphatic heterocycles. The lowest BCUT2D eigenvalue weighted by Crippen LogP contribution is -2.30. The Bertz CT molecular complexity index is 647. The van der Waals surface area contributed by atoms with Crippen molar-refractivity contribution < 1.29 is 14.3 Å². The van der Waals surface area contributed by atoms with Gasteiger partial charge in [0.05, 0.1) is 24.4 Å². The molecule has 0 radical (unpaired) electrons. The fraction of sp³-hybridized carbons (Fsp3) is 0.333. The van der Waals surface area contributed by atoms with Crippen molar-refractivity contribution in [2.45, 2.75) is 19.8 Å². The molecule has 5 heteroatoms. The lowest BCUT2D eigenvalue weighted by molar-refractivity contribution is -0.123. The van der Waals surface area contributed by atoms with E-state index in [9.17, 15) is 4.79 Å². The fourth-order valence-corrected chi connectivity index (χ4v) is 2.43. The van der Waals surface area contributed by atoms with E-state index in [0.717, 1.165) is 25.2 Å². The second-order valence-electron chi connectivity index (χ2n) is 5.70. The van der Waals surface area contributed by atoms with Gasteiger partial charge >= 0.3 is 0 Å². The summed E-state index contributed by atoms with van der Waals surface area (Å²) in [5.74, 6) is 1.14. The van der Waals surface area contributed by atoms with Crippen molar-refractivity contribution >= 4 is 11.6 Å². The molecule has 1 unspecified atom stereocenters. The van der Waals surface area contributed by atoms with Crippen LogP contribution >= 0.6 is 0 Å². The highest BCUT2D eigenvalue weighted by molar-refractivity contribution is 5.92. The molecule has 3 rings (SSSR count). The van der Waals surface area contributed by atoms with Crippen LogP contribution in [0.2, 0.25) is 0 Å². The summed E-state index contributed by atoms with van der Waals surface area (Å²) in [5, 5.41) is 2.87. The van der Waals surface area contributed by atoms with E-state index < -0.39 is 0 Å². The van der Waals surface area contributed by atoms with Gasteiger partial charge in [0, 0.05) is 12.7 Å². The number of ether oxygens (including phenoxy) is 2. The molecule has 1 fully saturated rings. The lowest BCUT2D eigenvalue weighted by atomic mass is 10.0. The van der Waals surface area contributed by atoms with Gasteiger partial charge in [-0.15, -0.1) is 0 Å². The Hall–Kier alpha value is -2.40. The minimum atomic E-state index is -0.0766. The number of carbonyl (C=O) groups is 1. The Balaban J connectivity index is 1.58. The zero-order chi connectivity index (χ0) is 16.1. The number of benzene rings is 1. The van der Waals surface area contributed by atoms with Crippen molar-refractivity contribution in [2.75, 3.05) is 18.5 Å². The molecule has 5 nitrogen and oxygen atoms in total. The van der Waals surface area contributed by atoms with Crippen molar-refractivity contribution in [1.82, 2.24) is 4.98 Å². The van der Waals surface area contributed by atoms with Crippen molar-refractivity contribution in [3.8, 4) is 11.6 Å². The number of amides is 1. The third-order valence-electron chi connectivity index (χ3n) is 3.78. The maximum absolute atomic E-state index is 12.1. The summed E-state index contributed by atoms with van der Waals surface area (Å²) in [6.45, 7) is 3.27.